The molecule has 5 heteroatoms. The number of hydrogen-bond acceptors (Lipinski definition) is 4. The minimum absolute atomic E-state index is 0.0847. The quantitative estimate of drug-likeness (QED) is 0.507. The van der Waals surface area contributed by atoms with Gasteiger partial charge >= 0.3 is 6.09 Å². The van der Waals surface area contributed by atoms with Gasteiger partial charge in [-0.2, -0.15) is 0 Å². The highest BCUT2D eigenvalue weighted by Crippen LogP contribution is 2.24. The number of unbranched alkanes of at least 4 members (excludes halogenated alkanes) is 4. The molecule has 0 aliphatic carbocycles. The van der Waals surface area contributed by atoms with Crippen LogP contribution in [0.3, 0.4) is 0 Å². The highest BCUT2D eigenvalue weighted by Gasteiger charge is 2.37. The molecular formula is C25H39NO4. The van der Waals surface area contributed by atoms with Crippen LogP contribution >= 0.6 is 0 Å². The predicted molar refractivity (Wildman–Crippen MR) is 121 cm³/mol. The van der Waals surface area contributed by atoms with Gasteiger partial charge in [-0.15, -0.1) is 0 Å². The van der Waals surface area contributed by atoms with Crippen LogP contribution in [-0.2, 0) is 16.1 Å². The van der Waals surface area contributed by atoms with E-state index in [1.54, 1.807) is 4.90 Å². The Morgan fingerprint density at radius 1 is 1.20 bits per heavy atom. The highest BCUT2D eigenvalue weighted by molar-refractivity contribution is 5.69. The van der Waals surface area contributed by atoms with Gasteiger partial charge in [0.2, 0.25) is 0 Å². The third kappa shape index (κ3) is 8.49. The second-order valence-corrected chi connectivity index (χ2v) is 9.13. The SMILES string of the molecule is CCCCCCC=Cc1ccc(CO[C@H]2C[C@H](CO)N(C(=O)OC(C)(C)C)C2)cc1. The second-order valence-electron chi connectivity index (χ2n) is 9.13. The third-order valence-electron chi connectivity index (χ3n) is 5.21. The molecule has 1 amide bonds. The van der Waals surface area contributed by atoms with Gasteiger partial charge in [0.05, 0.1) is 31.9 Å². The van der Waals surface area contributed by atoms with Crippen molar-refractivity contribution in [3.63, 3.8) is 0 Å². The van der Waals surface area contributed by atoms with E-state index in [9.17, 15) is 9.90 Å². The Hall–Kier alpha value is -1.85. The fraction of sp³-hybridized carbons (Fsp3) is 0.640. The summed E-state index contributed by atoms with van der Waals surface area (Å²) in [6.45, 7) is 8.61. The lowest BCUT2D eigenvalue weighted by atomic mass is 10.1. The van der Waals surface area contributed by atoms with E-state index in [2.05, 4.69) is 43.3 Å². The van der Waals surface area contributed by atoms with Crippen molar-refractivity contribution in [3.05, 3.63) is 41.5 Å². The normalized spacial score (nSPS) is 19.6. The minimum Gasteiger partial charge on any atom is -0.444 e. The molecule has 0 radical (unpaired) electrons. The molecule has 168 valence electrons. The molecule has 1 aromatic carbocycles. The monoisotopic (exact) mass is 417 g/mol. The molecule has 0 spiro atoms. The average molecular weight is 418 g/mol. The van der Waals surface area contributed by atoms with Crippen molar-refractivity contribution >= 4 is 12.2 Å². The molecule has 1 aromatic rings. The molecule has 1 N–H and O–H groups in total. The Balaban J connectivity index is 1.78. The predicted octanol–water partition coefficient (Wildman–Crippen LogP) is 5.56. The van der Waals surface area contributed by atoms with Gasteiger partial charge in [-0.3, -0.25) is 0 Å². The van der Waals surface area contributed by atoms with Crippen LogP contribution in [0.4, 0.5) is 4.79 Å². The highest BCUT2D eigenvalue weighted by atomic mass is 16.6. The van der Waals surface area contributed by atoms with Crippen LogP contribution in [-0.4, -0.2) is 47.0 Å². The summed E-state index contributed by atoms with van der Waals surface area (Å²) in [7, 11) is 0. The van der Waals surface area contributed by atoms with Crippen molar-refractivity contribution in [1.29, 1.82) is 0 Å². The van der Waals surface area contributed by atoms with E-state index in [1.807, 2.05) is 20.8 Å². The zero-order chi connectivity index (χ0) is 22.0. The Kier molecular flexibility index (Phi) is 9.86. The minimum atomic E-state index is -0.554. The molecule has 5 nitrogen and oxygen atoms in total. The Morgan fingerprint density at radius 2 is 1.93 bits per heavy atom. The zero-order valence-corrected chi connectivity index (χ0v) is 19.1. The molecule has 0 bridgehead atoms. The van der Waals surface area contributed by atoms with Gasteiger partial charge in [0.15, 0.2) is 0 Å². The maximum atomic E-state index is 12.4. The van der Waals surface area contributed by atoms with Crippen LogP contribution in [0.5, 0.6) is 0 Å². The smallest absolute Gasteiger partial charge is 0.410 e. The van der Waals surface area contributed by atoms with Crippen molar-refractivity contribution in [2.45, 2.75) is 90.6 Å². The number of hydrogen-bond donors (Lipinski definition) is 1. The number of aliphatic hydroxyl groups excluding tert-OH is 1. The first-order chi connectivity index (χ1) is 14.3. The fourth-order valence-electron chi connectivity index (χ4n) is 3.56. The number of aliphatic hydroxyl groups is 1. The van der Waals surface area contributed by atoms with E-state index in [-0.39, 0.29) is 18.8 Å². The Labute approximate surface area is 182 Å². The summed E-state index contributed by atoms with van der Waals surface area (Å²) in [5.74, 6) is 0. The first kappa shape index (κ1) is 24.4. The van der Waals surface area contributed by atoms with Crippen LogP contribution in [0.15, 0.2) is 30.3 Å². The fourth-order valence-corrected chi connectivity index (χ4v) is 3.56. The number of likely N-dealkylation sites (tertiary alicyclic amines) is 1. The van der Waals surface area contributed by atoms with Crippen molar-refractivity contribution in [1.82, 2.24) is 4.90 Å². The van der Waals surface area contributed by atoms with Gasteiger partial charge in [0.25, 0.3) is 0 Å². The number of carbonyl (C=O) groups excluding carboxylic acids is 1. The maximum absolute atomic E-state index is 12.4. The summed E-state index contributed by atoms with van der Waals surface area (Å²) in [5.41, 5.74) is 1.75. The molecule has 0 aromatic heterocycles. The lowest BCUT2D eigenvalue weighted by Gasteiger charge is -2.27. The molecule has 0 unspecified atom stereocenters. The van der Waals surface area contributed by atoms with Crippen molar-refractivity contribution in [2.75, 3.05) is 13.2 Å². The van der Waals surface area contributed by atoms with Crippen LogP contribution in [0.25, 0.3) is 6.08 Å². The van der Waals surface area contributed by atoms with Gasteiger partial charge in [0, 0.05) is 0 Å². The van der Waals surface area contributed by atoms with Crippen LogP contribution in [0.1, 0.15) is 77.3 Å². The summed E-state index contributed by atoms with van der Waals surface area (Å²) in [5, 5.41) is 9.64. The molecule has 2 atom stereocenters. The van der Waals surface area contributed by atoms with Gasteiger partial charge in [-0.25, -0.2) is 4.79 Å². The van der Waals surface area contributed by atoms with Gasteiger partial charge < -0.3 is 19.5 Å². The molecular weight excluding hydrogens is 378 g/mol. The molecule has 1 fully saturated rings. The van der Waals surface area contributed by atoms with E-state index in [4.69, 9.17) is 9.47 Å². The Bertz CT molecular complexity index is 663. The number of benzene rings is 1. The molecule has 1 saturated heterocycles. The number of allylic oxidation sites excluding steroid dienone is 1. The standard InChI is InChI=1S/C25H39NO4/c1-5-6-7-8-9-10-11-20-12-14-21(15-13-20)19-29-23-16-22(18-27)26(17-23)24(28)30-25(2,3)4/h10-15,22-23,27H,5-9,16-19H2,1-4H3/t22-,23+/m1/s1. The first-order valence-corrected chi connectivity index (χ1v) is 11.3. The summed E-state index contributed by atoms with van der Waals surface area (Å²) < 4.78 is 11.5. The molecule has 1 aliphatic rings. The lowest BCUT2D eigenvalue weighted by Crippen LogP contribution is -2.41. The molecule has 1 heterocycles. The van der Waals surface area contributed by atoms with E-state index in [1.165, 1.54) is 31.2 Å². The topological polar surface area (TPSA) is 59.0 Å². The van der Waals surface area contributed by atoms with Crippen LogP contribution in [0.2, 0.25) is 0 Å². The summed E-state index contributed by atoms with van der Waals surface area (Å²) in [4.78, 5) is 14.0. The van der Waals surface area contributed by atoms with E-state index < -0.39 is 11.7 Å². The number of carbonyl (C=O) groups is 1. The first-order valence-electron chi connectivity index (χ1n) is 11.3. The van der Waals surface area contributed by atoms with Gasteiger partial charge in [-0.1, -0.05) is 62.6 Å². The number of rotatable bonds is 10. The van der Waals surface area contributed by atoms with E-state index in [0.717, 1.165) is 12.0 Å². The number of amides is 1. The lowest BCUT2D eigenvalue weighted by molar-refractivity contribution is 0.0121. The van der Waals surface area contributed by atoms with E-state index in [0.29, 0.717) is 19.6 Å². The zero-order valence-electron chi connectivity index (χ0n) is 19.1. The summed E-state index contributed by atoms with van der Waals surface area (Å²) >= 11 is 0. The second kappa shape index (κ2) is 12.1. The van der Waals surface area contributed by atoms with E-state index >= 15 is 0 Å². The maximum Gasteiger partial charge on any atom is 0.410 e. The van der Waals surface area contributed by atoms with Gasteiger partial charge in [-0.05, 0) is 51.2 Å². The molecule has 0 saturated carbocycles. The van der Waals surface area contributed by atoms with Crippen LogP contribution in [0, 0.1) is 0 Å². The number of ether oxygens (including phenoxy) is 2. The Morgan fingerprint density at radius 3 is 2.57 bits per heavy atom. The van der Waals surface area contributed by atoms with Crippen molar-refractivity contribution < 1.29 is 19.4 Å². The summed E-state index contributed by atoms with van der Waals surface area (Å²) in [6.07, 6.45) is 10.8. The molecule has 2 rings (SSSR count). The summed E-state index contributed by atoms with van der Waals surface area (Å²) in [6, 6.07) is 8.13. The van der Waals surface area contributed by atoms with Crippen LogP contribution < -0.4 is 0 Å². The third-order valence-corrected chi connectivity index (χ3v) is 5.21. The van der Waals surface area contributed by atoms with Crippen molar-refractivity contribution in [2.24, 2.45) is 0 Å². The van der Waals surface area contributed by atoms with Gasteiger partial charge in [0.1, 0.15) is 5.60 Å². The average Bonchev–Trinajstić information content (AvgIpc) is 3.12. The largest absolute Gasteiger partial charge is 0.444 e. The molecule has 30 heavy (non-hydrogen) atoms. The number of nitrogens with zero attached hydrogens (tertiary/aromatic N) is 1. The molecule has 1 aliphatic heterocycles. The van der Waals surface area contributed by atoms with Crippen molar-refractivity contribution in [3.8, 4) is 0 Å².